The van der Waals surface area contributed by atoms with E-state index in [0.29, 0.717) is 17.5 Å². The average Bonchev–Trinajstić information content (AvgIpc) is 3.37. The van der Waals surface area contributed by atoms with Gasteiger partial charge in [0.1, 0.15) is 0 Å². The normalized spacial score (nSPS) is 14.7. The largest absolute Gasteiger partial charge is 0.304 e. The molecule has 0 spiro atoms. The summed E-state index contributed by atoms with van der Waals surface area (Å²) < 4.78 is 0. The van der Waals surface area contributed by atoms with Crippen LogP contribution in [0.25, 0.3) is 78.8 Å². The molecular formula is C53H45IrN4-. The molecule has 6 aromatic carbocycles. The van der Waals surface area contributed by atoms with Gasteiger partial charge in [0.2, 0.25) is 0 Å². The molecule has 0 fully saturated rings. The molecule has 0 bridgehead atoms. The molecule has 8 aromatic rings. The Labute approximate surface area is 355 Å². The van der Waals surface area contributed by atoms with Crippen molar-refractivity contribution in [3.8, 4) is 78.8 Å². The van der Waals surface area contributed by atoms with E-state index < -0.39 is 0 Å². The fraction of sp³-hybridized carbons (Fsp3) is 0.170. The zero-order valence-corrected chi connectivity index (χ0v) is 36.1. The number of nitrogens with zero attached hydrogens (tertiary/aromatic N) is 4. The molecular weight excluding hydrogens is 885 g/mol. The average molecular weight is 930 g/mol. The fourth-order valence-electron chi connectivity index (χ4n) is 8.31. The van der Waals surface area contributed by atoms with Crippen LogP contribution in [0.4, 0.5) is 0 Å². The van der Waals surface area contributed by atoms with E-state index in [-0.39, 0.29) is 36.4 Å². The maximum atomic E-state index is 5.03. The summed E-state index contributed by atoms with van der Waals surface area (Å²) in [6, 6.07) is 58.4. The Bertz CT molecular complexity index is 2600. The van der Waals surface area contributed by atoms with Crippen molar-refractivity contribution in [3.63, 3.8) is 0 Å². The van der Waals surface area contributed by atoms with Crippen molar-refractivity contribution in [2.45, 2.75) is 52.4 Å². The molecule has 2 heterocycles. The number of benzene rings is 6. The quantitative estimate of drug-likeness (QED) is 0.149. The smallest absolute Gasteiger partial charge is 0.164 e. The van der Waals surface area contributed by atoms with Crippen molar-refractivity contribution >= 4 is 0 Å². The fourth-order valence-corrected chi connectivity index (χ4v) is 8.31. The summed E-state index contributed by atoms with van der Waals surface area (Å²) in [7, 11) is 0. The molecule has 5 heteroatoms. The monoisotopic (exact) mass is 930 g/mol. The Kier molecular flexibility index (Phi) is 10.2. The van der Waals surface area contributed by atoms with Crippen LogP contribution in [0, 0.1) is 11.5 Å². The van der Waals surface area contributed by atoms with Gasteiger partial charge in [-0.05, 0) is 55.3 Å². The third-order valence-corrected chi connectivity index (χ3v) is 13.1. The third kappa shape index (κ3) is 6.83. The summed E-state index contributed by atoms with van der Waals surface area (Å²) in [5.74, 6) is 1.88. The molecule has 0 amide bonds. The van der Waals surface area contributed by atoms with Crippen molar-refractivity contribution in [3.05, 3.63) is 181 Å². The van der Waals surface area contributed by atoms with Crippen LogP contribution in [0.2, 0.25) is 0 Å². The minimum Gasteiger partial charge on any atom is -0.304 e. The molecule has 0 atom stereocenters. The second-order valence-electron chi connectivity index (χ2n) is 16.8. The van der Waals surface area contributed by atoms with E-state index in [2.05, 4.69) is 193 Å². The van der Waals surface area contributed by atoms with Crippen molar-refractivity contribution in [1.82, 2.24) is 19.9 Å². The number of aromatic nitrogens is 4. The minimum atomic E-state index is 0. The molecule has 1 aliphatic carbocycles. The van der Waals surface area contributed by atoms with E-state index >= 15 is 0 Å². The molecule has 0 saturated heterocycles. The zero-order chi connectivity index (χ0) is 39.4. The summed E-state index contributed by atoms with van der Waals surface area (Å²) in [5, 5.41) is 0. The van der Waals surface area contributed by atoms with Crippen LogP contribution in [-0.2, 0) is 30.9 Å². The molecule has 0 unspecified atom stereocenters. The zero-order valence-electron chi connectivity index (χ0n) is 33.7. The molecule has 1 aliphatic rings. The van der Waals surface area contributed by atoms with Gasteiger partial charge in [-0.3, -0.25) is 0 Å². The standard InChI is InChI=1S/C53H45N4.Ir/c1-51(2)45-31-29-43(33-46(45)52(3,4)53(51,5)6)47-32-30-44(34-54-47)39-21-27-42(28-22-39)50-56-48(40-23-17-37(18-24-40)35-13-9-7-10-14-35)55-49(57-50)41-25-19-38(20-26-41)36-15-11-8-12-16-36;/h7-28,30-34H,1-6H3;/q-1;. The minimum absolute atomic E-state index is 0. The second kappa shape index (κ2) is 15.1. The maximum Gasteiger partial charge on any atom is 0.164 e. The van der Waals surface area contributed by atoms with Crippen molar-refractivity contribution in [2.75, 3.05) is 0 Å². The van der Waals surface area contributed by atoms with Gasteiger partial charge in [0.15, 0.2) is 17.5 Å². The first-order valence-electron chi connectivity index (χ1n) is 19.7. The molecule has 4 nitrogen and oxygen atoms in total. The van der Waals surface area contributed by atoms with Gasteiger partial charge in [-0.1, -0.05) is 187 Å². The van der Waals surface area contributed by atoms with Crippen LogP contribution in [0.5, 0.6) is 0 Å². The maximum absolute atomic E-state index is 5.03. The Morgan fingerprint density at radius 1 is 0.397 bits per heavy atom. The SMILES string of the molecule is CC1(C)c2c[c-]c(-c3ccc(-c4ccc(-c5nc(-c6ccc(-c7ccccc7)cc6)nc(-c6ccc(-c7ccccc7)cc6)n5)cc4)cn3)cc2C(C)(C)C1(C)C.[Ir]. The number of fused-ring (bicyclic) bond motifs is 1. The van der Waals surface area contributed by atoms with Crippen molar-refractivity contribution < 1.29 is 20.1 Å². The summed E-state index contributed by atoms with van der Waals surface area (Å²) >= 11 is 0. The molecule has 287 valence electrons. The number of pyridine rings is 1. The van der Waals surface area contributed by atoms with E-state index in [9.17, 15) is 0 Å². The molecule has 0 N–H and O–H groups in total. The topological polar surface area (TPSA) is 51.6 Å². The van der Waals surface area contributed by atoms with Gasteiger partial charge >= 0.3 is 0 Å². The van der Waals surface area contributed by atoms with Gasteiger partial charge in [-0.25, -0.2) is 15.0 Å². The summed E-state index contributed by atoms with van der Waals surface area (Å²) in [5.41, 5.74) is 14.4. The van der Waals surface area contributed by atoms with Gasteiger partial charge in [0.25, 0.3) is 0 Å². The van der Waals surface area contributed by atoms with Gasteiger partial charge in [0.05, 0.1) is 0 Å². The van der Waals surface area contributed by atoms with Crippen LogP contribution < -0.4 is 0 Å². The summed E-state index contributed by atoms with van der Waals surface area (Å²) in [6.07, 6.45) is 1.96. The van der Waals surface area contributed by atoms with Crippen LogP contribution >= 0.6 is 0 Å². The number of hydrogen-bond donors (Lipinski definition) is 0. The molecule has 58 heavy (non-hydrogen) atoms. The van der Waals surface area contributed by atoms with Crippen molar-refractivity contribution in [1.29, 1.82) is 0 Å². The number of rotatable bonds is 7. The van der Waals surface area contributed by atoms with E-state index in [1.54, 1.807) is 0 Å². The Balaban J connectivity index is 0.00000469. The van der Waals surface area contributed by atoms with Gasteiger partial charge in [-0.15, -0.1) is 34.9 Å². The molecule has 9 rings (SSSR count). The molecule has 1 radical (unpaired) electrons. The second-order valence-corrected chi connectivity index (χ2v) is 16.8. The van der Waals surface area contributed by atoms with Gasteiger partial charge in [-0.2, -0.15) is 0 Å². The van der Waals surface area contributed by atoms with E-state index in [0.717, 1.165) is 50.2 Å². The predicted octanol–water partition coefficient (Wildman–Crippen LogP) is 13.3. The Hall–Kier alpha value is -5.87. The van der Waals surface area contributed by atoms with Crippen LogP contribution in [0.3, 0.4) is 0 Å². The Morgan fingerprint density at radius 2 is 0.759 bits per heavy atom. The molecule has 0 saturated carbocycles. The van der Waals surface area contributed by atoms with E-state index in [1.165, 1.54) is 22.3 Å². The van der Waals surface area contributed by atoms with Crippen LogP contribution in [-0.4, -0.2) is 19.9 Å². The number of hydrogen-bond acceptors (Lipinski definition) is 4. The molecule has 2 aromatic heterocycles. The summed E-state index contributed by atoms with van der Waals surface area (Å²) in [4.78, 5) is 20.0. The first kappa shape index (κ1) is 39.0. The first-order chi connectivity index (χ1) is 27.5. The summed E-state index contributed by atoms with van der Waals surface area (Å²) in [6.45, 7) is 14.2. The first-order valence-corrected chi connectivity index (χ1v) is 19.7. The van der Waals surface area contributed by atoms with Crippen LogP contribution in [0.15, 0.2) is 164 Å². The predicted molar refractivity (Wildman–Crippen MR) is 234 cm³/mol. The van der Waals surface area contributed by atoms with Crippen molar-refractivity contribution in [2.24, 2.45) is 5.41 Å². The van der Waals surface area contributed by atoms with Gasteiger partial charge in [0, 0.05) is 43.0 Å². The van der Waals surface area contributed by atoms with Crippen LogP contribution in [0.1, 0.15) is 52.7 Å². The molecule has 0 aliphatic heterocycles. The Morgan fingerprint density at radius 3 is 1.17 bits per heavy atom. The van der Waals surface area contributed by atoms with Gasteiger partial charge < -0.3 is 4.98 Å². The van der Waals surface area contributed by atoms with E-state index in [4.69, 9.17) is 19.9 Å². The third-order valence-electron chi connectivity index (χ3n) is 13.1. The van der Waals surface area contributed by atoms with E-state index in [1.807, 2.05) is 18.3 Å².